The average molecular weight is 339 g/mol. The van der Waals surface area contributed by atoms with Gasteiger partial charge in [0.15, 0.2) is 17.3 Å². The Bertz CT molecular complexity index is 879. The Hall–Kier alpha value is -2.53. The Morgan fingerprint density at radius 2 is 1.79 bits per heavy atom. The molecule has 0 spiro atoms. The number of hydrogen-bond acceptors (Lipinski definition) is 5. The van der Waals surface area contributed by atoms with Gasteiger partial charge in [-0.2, -0.15) is 0 Å². The summed E-state index contributed by atoms with van der Waals surface area (Å²) in [5.41, 5.74) is 1.53. The number of carbonyl (C=O) groups is 1. The monoisotopic (exact) mass is 339 g/mol. The molecule has 0 aliphatic rings. The van der Waals surface area contributed by atoms with Crippen LogP contribution in [0.3, 0.4) is 0 Å². The number of methoxy groups -OCH3 is 2. The van der Waals surface area contributed by atoms with Crippen molar-refractivity contribution in [3.05, 3.63) is 60.2 Å². The molecule has 0 saturated heterocycles. The SMILES string of the molecule is COc1ccc(C(=O)CSc2ccc3ccccc3n2)cc1OC. The Morgan fingerprint density at radius 3 is 2.58 bits per heavy atom. The Morgan fingerprint density at radius 1 is 1.00 bits per heavy atom. The van der Waals surface area contributed by atoms with Gasteiger partial charge in [-0.15, -0.1) is 0 Å². The lowest BCUT2D eigenvalue weighted by Gasteiger charge is -2.09. The van der Waals surface area contributed by atoms with Gasteiger partial charge < -0.3 is 9.47 Å². The number of ether oxygens (including phenoxy) is 2. The topological polar surface area (TPSA) is 48.4 Å². The molecule has 2 aromatic carbocycles. The van der Waals surface area contributed by atoms with E-state index in [0.29, 0.717) is 22.8 Å². The number of fused-ring (bicyclic) bond motifs is 1. The fourth-order valence-corrected chi connectivity index (χ4v) is 3.13. The number of para-hydroxylation sites is 1. The lowest BCUT2D eigenvalue weighted by Crippen LogP contribution is -2.03. The van der Waals surface area contributed by atoms with E-state index in [1.54, 1.807) is 32.4 Å². The third kappa shape index (κ3) is 3.51. The molecule has 3 aromatic rings. The van der Waals surface area contributed by atoms with Gasteiger partial charge in [0.05, 0.1) is 30.5 Å². The van der Waals surface area contributed by atoms with Crippen LogP contribution in [-0.2, 0) is 0 Å². The molecule has 0 aliphatic heterocycles. The Balaban J connectivity index is 1.72. The highest BCUT2D eigenvalue weighted by Crippen LogP contribution is 2.28. The molecule has 122 valence electrons. The number of pyridine rings is 1. The molecule has 0 unspecified atom stereocenters. The second kappa shape index (κ2) is 7.36. The quantitative estimate of drug-likeness (QED) is 0.497. The number of Topliss-reactive ketones (excluding diaryl/α,β-unsaturated/α-hetero) is 1. The highest BCUT2D eigenvalue weighted by Gasteiger charge is 2.11. The summed E-state index contributed by atoms with van der Waals surface area (Å²) < 4.78 is 10.4. The van der Waals surface area contributed by atoms with Gasteiger partial charge in [-0.1, -0.05) is 36.0 Å². The second-order valence-corrected chi connectivity index (χ2v) is 6.12. The summed E-state index contributed by atoms with van der Waals surface area (Å²) in [5.74, 6) is 1.51. The minimum atomic E-state index is 0.0240. The van der Waals surface area contributed by atoms with E-state index in [4.69, 9.17) is 9.47 Å². The Labute approximate surface area is 144 Å². The molecule has 0 N–H and O–H groups in total. The number of aromatic nitrogens is 1. The lowest BCUT2D eigenvalue weighted by molar-refractivity contribution is 0.102. The maximum absolute atomic E-state index is 12.4. The van der Waals surface area contributed by atoms with Crippen LogP contribution in [0.15, 0.2) is 59.6 Å². The van der Waals surface area contributed by atoms with E-state index in [1.807, 2.05) is 36.4 Å². The van der Waals surface area contributed by atoms with Crippen molar-refractivity contribution in [3.8, 4) is 11.5 Å². The van der Waals surface area contributed by atoms with E-state index in [-0.39, 0.29) is 5.78 Å². The zero-order chi connectivity index (χ0) is 16.9. The van der Waals surface area contributed by atoms with E-state index < -0.39 is 0 Å². The van der Waals surface area contributed by atoms with Crippen LogP contribution in [0.25, 0.3) is 10.9 Å². The molecule has 0 radical (unpaired) electrons. The molecule has 0 saturated carbocycles. The minimum Gasteiger partial charge on any atom is -0.493 e. The van der Waals surface area contributed by atoms with Crippen molar-refractivity contribution in [2.45, 2.75) is 5.03 Å². The number of hydrogen-bond donors (Lipinski definition) is 0. The van der Waals surface area contributed by atoms with Gasteiger partial charge in [0.1, 0.15) is 0 Å². The van der Waals surface area contributed by atoms with Crippen LogP contribution in [0.4, 0.5) is 0 Å². The second-order valence-electron chi connectivity index (χ2n) is 5.12. The van der Waals surface area contributed by atoms with Crippen molar-refractivity contribution in [3.63, 3.8) is 0 Å². The minimum absolute atomic E-state index is 0.0240. The molecular formula is C19H17NO3S. The fourth-order valence-electron chi connectivity index (χ4n) is 2.36. The molecule has 3 rings (SSSR count). The van der Waals surface area contributed by atoms with E-state index in [1.165, 1.54) is 11.8 Å². The summed E-state index contributed by atoms with van der Waals surface area (Å²) >= 11 is 1.43. The van der Waals surface area contributed by atoms with E-state index in [2.05, 4.69) is 4.98 Å². The van der Waals surface area contributed by atoms with Gasteiger partial charge in [-0.3, -0.25) is 4.79 Å². The number of carbonyl (C=O) groups excluding carboxylic acids is 1. The Kier molecular flexibility index (Phi) is 5.01. The maximum Gasteiger partial charge on any atom is 0.173 e. The first-order valence-corrected chi connectivity index (χ1v) is 8.43. The number of thioether (sulfide) groups is 1. The van der Waals surface area contributed by atoms with Crippen LogP contribution in [0, 0.1) is 0 Å². The molecule has 0 atom stereocenters. The van der Waals surface area contributed by atoms with Crippen LogP contribution < -0.4 is 9.47 Å². The molecule has 5 heteroatoms. The maximum atomic E-state index is 12.4. The predicted octanol–water partition coefficient (Wildman–Crippen LogP) is 4.23. The van der Waals surface area contributed by atoms with Crippen molar-refractivity contribution in [1.82, 2.24) is 4.98 Å². The molecule has 1 heterocycles. The van der Waals surface area contributed by atoms with E-state index in [9.17, 15) is 4.79 Å². The third-order valence-electron chi connectivity index (χ3n) is 3.63. The predicted molar refractivity (Wildman–Crippen MR) is 96.3 cm³/mol. The first-order valence-electron chi connectivity index (χ1n) is 7.45. The zero-order valence-corrected chi connectivity index (χ0v) is 14.3. The summed E-state index contributed by atoms with van der Waals surface area (Å²) in [4.78, 5) is 17.0. The first kappa shape index (κ1) is 16.3. The highest BCUT2D eigenvalue weighted by atomic mass is 32.2. The summed E-state index contributed by atoms with van der Waals surface area (Å²) in [6.45, 7) is 0. The number of nitrogens with zero attached hydrogens (tertiary/aromatic N) is 1. The summed E-state index contributed by atoms with van der Waals surface area (Å²) in [7, 11) is 3.13. The molecule has 0 aliphatic carbocycles. The van der Waals surface area contributed by atoms with Crippen LogP contribution in [-0.4, -0.2) is 30.7 Å². The van der Waals surface area contributed by atoms with Gasteiger partial charge in [0, 0.05) is 10.9 Å². The smallest absolute Gasteiger partial charge is 0.173 e. The van der Waals surface area contributed by atoms with Crippen molar-refractivity contribution < 1.29 is 14.3 Å². The number of rotatable bonds is 6. The molecule has 24 heavy (non-hydrogen) atoms. The molecule has 0 amide bonds. The molecule has 0 bridgehead atoms. The van der Waals surface area contributed by atoms with Crippen molar-refractivity contribution in [1.29, 1.82) is 0 Å². The lowest BCUT2D eigenvalue weighted by atomic mass is 10.1. The van der Waals surface area contributed by atoms with Gasteiger partial charge in [0.25, 0.3) is 0 Å². The van der Waals surface area contributed by atoms with Gasteiger partial charge >= 0.3 is 0 Å². The number of ketones is 1. The van der Waals surface area contributed by atoms with Gasteiger partial charge in [0.2, 0.25) is 0 Å². The van der Waals surface area contributed by atoms with Crippen LogP contribution in [0.5, 0.6) is 11.5 Å². The molecule has 4 nitrogen and oxygen atoms in total. The molecule has 1 aromatic heterocycles. The third-order valence-corrected chi connectivity index (χ3v) is 4.56. The average Bonchev–Trinajstić information content (AvgIpc) is 2.65. The fraction of sp³-hybridized carbons (Fsp3) is 0.158. The van der Waals surface area contributed by atoms with Gasteiger partial charge in [-0.05, 0) is 30.3 Å². The largest absolute Gasteiger partial charge is 0.493 e. The van der Waals surface area contributed by atoms with Crippen LogP contribution >= 0.6 is 11.8 Å². The number of benzene rings is 2. The van der Waals surface area contributed by atoms with E-state index in [0.717, 1.165) is 15.9 Å². The van der Waals surface area contributed by atoms with Crippen molar-refractivity contribution in [2.75, 3.05) is 20.0 Å². The highest BCUT2D eigenvalue weighted by molar-refractivity contribution is 7.99. The van der Waals surface area contributed by atoms with Crippen molar-refractivity contribution >= 4 is 28.4 Å². The van der Waals surface area contributed by atoms with Gasteiger partial charge in [-0.25, -0.2) is 4.98 Å². The zero-order valence-electron chi connectivity index (χ0n) is 13.5. The van der Waals surface area contributed by atoms with E-state index >= 15 is 0 Å². The first-order chi connectivity index (χ1) is 11.7. The van der Waals surface area contributed by atoms with Crippen molar-refractivity contribution in [2.24, 2.45) is 0 Å². The van der Waals surface area contributed by atoms with Crippen LogP contribution in [0.2, 0.25) is 0 Å². The normalized spacial score (nSPS) is 10.6. The van der Waals surface area contributed by atoms with Crippen LogP contribution in [0.1, 0.15) is 10.4 Å². The standard InChI is InChI=1S/C19H17NO3S/c1-22-17-9-7-14(11-18(17)23-2)16(21)12-24-19-10-8-13-5-3-4-6-15(13)20-19/h3-11H,12H2,1-2H3. The summed E-state index contributed by atoms with van der Waals surface area (Å²) in [5, 5.41) is 1.93. The molecular weight excluding hydrogens is 322 g/mol. The summed E-state index contributed by atoms with van der Waals surface area (Å²) in [6, 6.07) is 17.1. The summed E-state index contributed by atoms with van der Waals surface area (Å²) in [6.07, 6.45) is 0. The molecule has 0 fully saturated rings.